The highest BCUT2D eigenvalue weighted by Crippen LogP contribution is 2.30. The van der Waals surface area contributed by atoms with E-state index in [1.54, 1.807) is 6.08 Å². The summed E-state index contributed by atoms with van der Waals surface area (Å²) in [6, 6.07) is -0.104. The molecule has 0 aromatic heterocycles. The summed E-state index contributed by atoms with van der Waals surface area (Å²) in [6.45, 7) is 0.228. The molecular formula is C9H8N2O3. The second kappa shape index (κ2) is 2.60. The van der Waals surface area contributed by atoms with Gasteiger partial charge in [-0.3, -0.25) is 4.79 Å². The molecule has 1 N–H and O–H groups in total. The molecule has 1 saturated heterocycles. The number of nitrogens with zero attached hydrogens (tertiary/aromatic N) is 1. The molecule has 3 rings (SSSR count). The summed E-state index contributed by atoms with van der Waals surface area (Å²) < 4.78 is 10.4. The largest absolute Gasteiger partial charge is 0.454 e. The van der Waals surface area contributed by atoms with Gasteiger partial charge in [-0.2, -0.15) is 5.10 Å². The minimum absolute atomic E-state index is 0.00736. The minimum Gasteiger partial charge on any atom is -0.454 e. The Labute approximate surface area is 80.1 Å². The average Bonchev–Trinajstić information content (AvgIpc) is 2.62. The van der Waals surface area contributed by atoms with E-state index in [1.165, 1.54) is 6.21 Å². The first-order valence-corrected chi connectivity index (χ1v) is 4.36. The molecule has 2 unspecified atom stereocenters. The van der Waals surface area contributed by atoms with E-state index in [-0.39, 0.29) is 24.5 Å². The first-order chi connectivity index (χ1) is 6.84. The molecule has 1 fully saturated rings. The van der Waals surface area contributed by atoms with E-state index in [2.05, 4.69) is 10.5 Å². The number of carbonyl (C=O) groups is 1. The fourth-order valence-corrected chi connectivity index (χ4v) is 1.74. The molecule has 0 amide bonds. The van der Waals surface area contributed by atoms with Gasteiger partial charge in [-0.1, -0.05) is 0 Å². The van der Waals surface area contributed by atoms with Gasteiger partial charge in [0.1, 0.15) is 0 Å². The van der Waals surface area contributed by atoms with Crippen molar-refractivity contribution in [2.75, 3.05) is 6.79 Å². The number of nitrogens with one attached hydrogen (secondary N) is 1. The van der Waals surface area contributed by atoms with Gasteiger partial charge in [-0.25, -0.2) is 0 Å². The molecule has 1 aliphatic carbocycles. The number of carbonyl (C=O) groups excluding carboxylic acids is 1. The van der Waals surface area contributed by atoms with Crippen LogP contribution in [0.1, 0.15) is 0 Å². The monoisotopic (exact) mass is 192 g/mol. The maximum Gasteiger partial charge on any atom is 0.231 e. The molecule has 14 heavy (non-hydrogen) atoms. The number of Topliss-reactive ketones (excluding diaryl/α,β-unsaturated/α-hetero) is 1. The van der Waals surface area contributed by atoms with E-state index in [0.717, 1.165) is 0 Å². The lowest BCUT2D eigenvalue weighted by Gasteiger charge is -2.25. The Balaban J connectivity index is 2.01. The standard InChI is InChI=1S/C9H8N2O3/c12-7-3-10-11-6-2-9-8(1-5(6)7)13-4-14-9/h1-3,5-6,11H,4H2. The van der Waals surface area contributed by atoms with Crippen LogP contribution in [0.5, 0.6) is 0 Å². The summed E-state index contributed by atoms with van der Waals surface area (Å²) in [6.07, 6.45) is 4.92. The van der Waals surface area contributed by atoms with E-state index in [4.69, 9.17) is 9.47 Å². The van der Waals surface area contributed by atoms with E-state index in [0.29, 0.717) is 11.5 Å². The molecule has 5 heteroatoms. The van der Waals surface area contributed by atoms with Gasteiger partial charge in [0.2, 0.25) is 6.79 Å². The molecule has 2 heterocycles. The van der Waals surface area contributed by atoms with Crippen molar-refractivity contribution in [3.8, 4) is 0 Å². The number of rotatable bonds is 0. The molecule has 2 aliphatic heterocycles. The van der Waals surface area contributed by atoms with E-state index >= 15 is 0 Å². The van der Waals surface area contributed by atoms with Gasteiger partial charge in [0.25, 0.3) is 0 Å². The highest BCUT2D eigenvalue weighted by atomic mass is 16.7. The third-order valence-corrected chi connectivity index (χ3v) is 2.46. The van der Waals surface area contributed by atoms with Crippen LogP contribution in [0, 0.1) is 5.92 Å². The van der Waals surface area contributed by atoms with Crippen LogP contribution in [0.25, 0.3) is 0 Å². The SMILES string of the molecule is O=C1C=NNC2C=C3OCOC3=CC12. The molecule has 0 saturated carbocycles. The second-order valence-electron chi connectivity index (χ2n) is 3.31. The smallest absolute Gasteiger partial charge is 0.231 e. The lowest BCUT2D eigenvalue weighted by molar-refractivity contribution is -0.115. The van der Waals surface area contributed by atoms with Crippen molar-refractivity contribution in [3.63, 3.8) is 0 Å². The Kier molecular flexibility index (Phi) is 1.41. The Morgan fingerprint density at radius 3 is 3.00 bits per heavy atom. The average molecular weight is 192 g/mol. The molecule has 0 aromatic rings. The van der Waals surface area contributed by atoms with Crippen molar-refractivity contribution in [2.45, 2.75) is 6.04 Å². The van der Waals surface area contributed by atoms with E-state index in [1.807, 2.05) is 6.08 Å². The first kappa shape index (κ1) is 7.61. The van der Waals surface area contributed by atoms with Crippen molar-refractivity contribution in [1.29, 1.82) is 0 Å². The molecule has 0 spiro atoms. The van der Waals surface area contributed by atoms with Crippen LogP contribution >= 0.6 is 0 Å². The van der Waals surface area contributed by atoms with Gasteiger partial charge in [-0.15, -0.1) is 0 Å². The van der Waals surface area contributed by atoms with Crippen LogP contribution in [0.3, 0.4) is 0 Å². The van der Waals surface area contributed by atoms with Crippen LogP contribution < -0.4 is 5.43 Å². The molecule has 0 aromatic carbocycles. The van der Waals surface area contributed by atoms with Crippen molar-refractivity contribution in [1.82, 2.24) is 5.43 Å². The fraction of sp³-hybridized carbons (Fsp3) is 0.333. The van der Waals surface area contributed by atoms with Gasteiger partial charge in [0.15, 0.2) is 17.3 Å². The predicted octanol–water partition coefficient (Wildman–Crippen LogP) is -0.0850. The maximum atomic E-state index is 11.5. The molecule has 5 nitrogen and oxygen atoms in total. The normalized spacial score (nSPS) is 33.0. The Morgan fingerprint density at radius 1 is 1.36 bits per heavy atom. The van der Waals surface area contributed by atoms with Crippen LogP contribution in [-0.2, 0) is 14.3 Å². The van der Waals surface area contributed by atoms with E-state index < -0.39 is 0 Å². The predicted molar refractivity (Wildman–Crippen MR) is 47.1 cm³/mol. The summed E-state index contributed by atoms with van der Waals surface area (Å²) in [7, 11) is 0. The Bertz CT molecular complexity index is 384. The molecule has 0 bridgehead atoms. The third kappa shape index (κ3) is 0.951. The zero-order valence-corrected chi connectivity index (χ0v) is 7.27. The molecular weight excluding hydrogens is 184 g/mol. The van der Waals surface area contributed by atoms with Gasteiger partial charge in [0, 0.05) is 0 Å². The topological polar surface area (TPSA) is 59.9 Å². The number of hydrogen-bond donors (Lipinski definition) is 1. The third-order valence-electron chi connectivity index (χ3n) is 2.46. The lowest BCUT2D eigenvalue weighted by atomic mass is 9.90. The summed E-state index contributed by atoms with van der Waals surface area (Å²) in [5, 5.41) is 3.76. The van der Waals surface area contributed by atoms with Crippen LogP contribution in [0.15, 0.2) is 28.8 Å². The van der Waals surface area contributed by atoms with E-state index in [9.17, 15) is 4.79 Å². The summed E-state index contributed by atoms with van der Waals surface area (Å²) in [5.41, 5.74) is 2.86. The molecule has 3 aliphatic rings. The quantitative estimate of drug-likeness (QED) is 0.583. The van der Waals surface area contributed by atoms with Crippen molar-refractivity contribution < 1.29 is 14.3 Å². The summed E-state index contributed by atoms with van der Waals surface area (Å²) in [4.78, 5) is 11.5. The number of hydrazone groups is 1. The van der Waals surface area contributed by atoms with Crippen molar-refractivity contribution >= 4 is 12.0 Å². The zero-order valence-electron chi connectivity index (χ0n) is 7.27. The van der Waals surface area contributed by atoms with Gasteiger partial charge < -0.3 is 14.9 Å². The van der Waals surface area contributed by atoms with Crippen molar-refractivity contribution in [3.05, 3.63) is 23.7 Å². The second-order valence-corrected chi connectivity index (χ2v) is 3.31. The van der Waals surface area contributed by atoms with Crippen LogP contribution in [0.4, 0.5) is 0 Å². The molecule has 72 valence electrons. The minimum atomic E-state index is -0.215. The fourth-order valence-electron chi connectivity index (χ4n) is 1.74. The first-order valence-electron chi connectivity index (χ1n) is 4.36. The van der Waals surface area contributed by atoms with Crippen molar-refractivity contribution in [2.24, 2.45) is 11.0 Å². The number of fused-ring (bicyclic) bond motifs is 2. The Morgan fingerprint density at radius 2 is 2.14 bits per heavy atom. The summed E-state index contributed by atoms with van der Waals surface area (Å²) in [5.74, 6) is 1.14. The number of ketones is 1. The van der Waals surface area contributed by atoms with Crippen LogP contribution in [-0.4, -0.2) is 24.8 Å². The highest BCUT2D eigenvalue weighted by molar-refractivity contribution is 6.29. The molecule has 0 radical (unpaired) electrons. The summed E-state index contributed by atoms with van der Waals surface area (Å²) >= 11 is 0. The number of hydrogen-bond acceptors (Lipinski definition) is 5. The number of ether oxygens (including phenoxy) is 2. The van der Waals surface area contributed by atoms with Gasteiger partial charge >= 0.3 is 0 Å². The molecule has 2 atom stereocenters. The van der Waals surface area contributed by atoms with Crippen LogP contribution in [0.2, 0.25) is 0 Å². The maximum absolute atomic E-state index is 11.5. The Hall–Kier alpha value is -1.78. The van der Waals surface area contributed by atoms with Gasteiger partial charge in [0.05, 0.1) is 18.2 Å². The lowest BCUT2D eigenvalue weighted by Crippen LogP contribution is -2.41. The van der Waals surface area contributed by atoms with Gasteiger partial charge in [-0.05, 0) is 12.2 Å². The zero-order chi connectivity index (χ0) is 9.54. The highest BCUT2D eigenvalue weighted by Gasteiger charge is 2.34.